The van der Waals surface area contributed by atoms with Crippen LogP contribution in [-0.2, 0) is 11.3 Å². The minimum absolute atomic E-state index is 0.110. The van der Waals surface area contributed by atoms with Crippen molar-refractivity contribution < 1.29 is 19.1 Å². The fraction of sp³-hybridized carbons (Fsp3) is 0.300. The molecule has 0 radical (unpaired) electrons. The normalized spacial score (nSPS) is 10.7. The number of aryl methyl sites for hydroxylation is 1. The van der Waals surface area contributed by atoms with Crippen LogP contribution in [0.3, 0.4) is 0 Å². The van der Waals surface area contributed by atoms with Crippen LogP contribution in [0.5, 0.6) is 5.75 Å². The number of carbonyl (C=O) groups is 2. The van der Waals surface area contributed by atoms with Gasteiger partial charge in [-0.05, 0) is 55.5 Å². The summed E-state index contributed by atoms with van der Waals surface area (Å²) in [7, 11) is 0. The number of hydrogen-bond acceptors (Lipinski definition) is 9. The lowest BCUT2D eigenvalue weighted by Crippen LogP contribution is -2.12. The van der Waals surface area contributed by atoms with Crippen LogP contribution in [-0.4, -0.2) is 43.7 Å². The van der Waals surface area contributed by atoms with Crippen LogP contribution in [0.15, 0.2) is 36.9 Å². The topological polar surface area (TPSA) is 121 Å². The summed E-state index contributed by atoms with van der Waals surface area (Å²) >= 11 is 1.06. The zero-order valence-electron chi connectivity index (χ0n) is 17.4. The van der Waals surface area contributed by atoms with Crippen molar-refractivity contribution in [3.63, 3.8) is 0 Å². The number of benzene rings is 1. The summed E-state index contributed by atoms with van der Waals surface area (Å²) in [6, 6.07) is 6.76. The molecule has 1 amide bonds. The third-order valence-electron chi connectivity index (χ3n) is 4.07. The molecule has 0 aliphatic heterocycles. The van der Waals surface area contributed by atoms with Gasteiger partial charge in [-0.25, -0.2) is 14.5 Å². The lowest BCUT2D eigenvalue weighted by atomic mass is 10.2. The Morgan fingerprint density at radius 1 is 1.29 bits per heavy atom. The van der Waals surface area contributed by atoms with Gasteiger partial charge in [-0.15, -0.1) is 5.10 Å². The molecule has 0 atom stereocenters. The number of thiazole rings is 1. The number of anilines is 1. The maximum Gasteiger partial charge on any atom is 0.350 e. The second-order valence-electron chi connectivity index (χ2n) is 6.72. The van der Waals surface area contributed by atoms with Crippen LogP contribution in [0.2, 0.25) is 0 Å². The molecule has 0 saturated carbocycles. The summed E-state index contributed by atoms with van der Waals surface area (Å²) in [5, 5.41) is 14.5. The highest BCUT2D eigenvalue weighted by Gasteiger charge is 2.18. The monoisotopic (exact) mass is 442 g/mol. The van der Waals surface area contributed by atoms with Crippen LogP contribution >= 0.6 is 11.3 Å². The third-order valence-corrected chi connectivity index (χ3v) is 5.12. The summed E-state index contributed by atoms with van der Waals surface area (Å²) < 4.78 is 12.4. The Bertz CT molecular complexity index is 1070. The van der Waals surface area contributed by atoms with Crippen molar-refractivity contribution in [2.24, 2.45) is 0 Å². The minimum atomic E-state index is -0.500. The van der Waals surface area contributed by atoms with E-state index in [-0.39, 0.29) is 25.2 Å². The van der Waals surface area contributed by atoms with Gasteiger partial charge in [-0.2, -0.15) is 0 Å². The summed E-state index contributed by atoms with van der Waals surface area (Å²) in [5.41, 5.74) is 0.907. The van der Waals surface area contributed by atoms with Crippen molar-refractivity contribution in [2.75, 3.05) is 11.9 Å². The van der Waals surface area contributed by atoms with E-state index in [0.717, 1.165) is 11.3 Å². The standard InChI is InChI=1S/C20H22N6O4S/c1-5-10-29-19(28)17-13(4)21-20(31-17)22-18(27)14-6-8-15(9-7-14)30-11-16-23-24-25-26(16)12(2)3/h5-9,12H,1,10-11H2,2-4H3,(H,21,22,27). The smallest absolute Gasteiger partial charge is 0.350 e. The van der Waals surface area contributed by atoms with Gasteiger partial charge < -0.3 is 9.47 Å². The Morgan fingerprint density at radius 3 is 2.71 bits per heavy atom. The van der Waals surface area contributed by atoms with Gasteiger partial charge in [0, 0.05) is 5.56 Å². The van der Waals surface area contributed by atoms with E-state index < -0.39 is 5.97 Å². The van der Waals surface area contributed by atoms with E-state index >= 15 is 0 Å². The van der Waals surface area contributed by atoms with Crippen molar-refractivity contribution >= 4 is 28.3 Å². The van der Waals surface area contributed by atoms with E-state index in [2.05, 4.69) is 32.4 Å². The molecule has 162 valence electrons. The second-order valence-corrected chi connectivity index (χ2v) is 7.72. The van der Waals surface area contributed by atoms with Gasteiger partial charge in [-0.1, -0.05) is 24.0 Å². The number of tetrazole rings is 1. The minimum Gasteiger partial charge on any atom is -0.486 e. The van der Waals surface area contributed by atoms with Gasteiger partial charge in [0.05, 0.1) is 11.7 Å². The van der Waals surface area contributed by atoms with Crippen molar-refractivity contribution in [1.29, 1.82) is 0 Å². The molecule has 2 heterocycles. The molecule has 1 N–H and O–H groups in total. The van der Waals surface area contributed by atoms with Crippen molar-refractivity contribution in [3.8, 4) is 5.75 Å². The molecule has 0 aliphatic carbocycles. The first-order valence-corrected chi connectivity index (χ1v) is 10.3. The second kappa shape index (κ2) is 9.94. The summed E-state index contributed by atoms with van der Waals surface area (Å²) in [6.45, 7) is 9.45. The largest absolute Gasteiger partial charge is 0.486 e. The summed E-state index contributed by atoms with van der Waals surface area (Å²) in [5.74, 6) is 0.334. The summed E-state index contributed by atoms with van der Waals surface area (Å²) in [6.07, 6.45) is 1.48. The maximum absolute atomic E-state index is 12.5. The van der Waals surface area contributed by atoms with Gasteiger partial charge in [0.15, 0.2) is 11.0 Å². The van der Waals surface area contributed by atoms with Crippen molar-refractivity contribution in [1.82, 2.24) is 25.2 Å². The molecule has 1 aromatic carbocycles. The van der Waals surface area contributed by atoms with E-state index in [9.17, 15) is 9.59 Å². The first kappa shape index (κ1) is 22.1. The molecule has 0 unspecified atom stereocenters. The molecule has 0 saturated heterocycles. The van der Waals surface area contributed by atoms with Crippen LogP contribution < -0.4 is 10.1 Å². The van der Waals surface area contributed by atoms with Gasteiger partial charge >= 0.3 is 5.97 Å². The van der Waals surface area contributed by atoms with E-state index in [1.165, 1.54) is 6.08 Å². The number of amides is 1. The third kappa shape index (κ3) is 5.51. The predicted molar refractivity (Wildman–Crippen MR) is 114 cm³/mol. The number of aromatic nitrogens is 5. The first-order valence-electron chi connectivity index (χ1n) is 9.45. The number of nitrogens with zero attached hydrogens (tertiary/aromatic N) is 5. The molecule has 0 fully saturated rings. The highest BCUT2D eigenvalue weighted by Crippen LogP contribution is 2.24. The van der Waals surface area contributed by atoms with Crippen LogP contribution in [0.1, 0.15) is 51.4 Å². The van der Waals surface area contributed by atoms with Gasteiger partial charge in [-0.3, -0.25) is 10.1 Å². The molecule has 3 rings (SSSR count). The number of rotatable bonds is 9. The SMILES string of the molecule is C=CCOC(=O)c1sc(NC(=O)c2ccc(OCc3nnnn3C(C)C)cc2)nc1C. The molecular weight excluding hydrogens is 420 g/mol. The highest BCUT2D eigenvalue weighted by molar-refractivity contribution is 7.17. The van der Waals surface area contributed by atoms with Crippen molar-refractivity contribution in [2.45, 2.75) is 33.4 Å². The Balaban J connectivity index is 1.60. The van der Waals surface area contributed by atoms with Crippen molar-refractivity contribution in [3.05, 3.63) is 58.9 Å². The molecular formula is C20H22N6O4S. The van der Waals surface area contributed by atoms with Crippen LogP contribution in [0.25, 0.3) is 0 Å². The molecule has 0 aliphatic rings. The Labute approximate surface area is 182 Å². The van der Waals surface area contributed by atoms with E-state index in [1.807, 2.05) is 13.8 Å². The van der Waals surface area contributed by atoms with E-state index in [1.54, 1.807) is 35.9 Å². The molecule has 2 aromatic heterocycles. The fourth-order valence-electron chi connectivity index (χ4n) is 2.57. The molecule has 0 bridgehead atoms. The lowest BCUT2D eigenvalue weighted by Gasteiger charge is -2.09. The quantitative estimate of drug-likeness (QED) is 0.396. The van der Waals surface area contributed by atoms with Crippen LogP contribution in [0, 0.1) is 6.92 Å². The van der Waals surface area contributed by atoms with E-state index in [0.29, 0.717) is 32.8 Å². The Kier molecular flexibility index (Phi) is 7.08. The number of carbonyl (C=O) groups excluding carboxylic acids is 2. The first-order chi connectivity index (χ1) is 14.9. The lowest BCUT2D eigenvalue weighted by molar-refractivity contribution is 0.0554. The highest BCUT2D eigenvalue weighted by atomic mass is 32.1. The predicted octanol–water partition coefficient (Wildman–Crippen LogP) is 3.19. The number of hydrogen-bond donors (Lipinski definition) is 1. The average molecular weight is 443 g/mol. The molecule has 31 heavy (non-hydrogen) atoms. The number of nitrogens with one attached hydrogen (secondary N) is 1. The van der Waals surface area contributed by atoms with Crippen LogP contribution in [0.4, 0.5) is 5.13 Å². The number of esters is 1. The summed E-state index contributed by atoms with van der Waals surface area (Å²) in [4.78, 5) is 29.1. The Hall–Kier alpha value is -3.60. The van der Waals surface area contributed by atoms with Gasteiger partial charge in [0.2, 0.25) is 0 Å². The maximum atomic E-state index is 12.5. The number of ether oxygens (including phenoxy) is 2. The molecule has 3 aromatic rings. The molecule has 0 spiro atoms. The fourth-order valence-corrected chi connectivity index (χ4v) is 3.42. The Morgan fingerprint density at radius 2 is 2.03 bits per heavy atom. The average Bonchev–Trinajstić information content (AvgIpc) is 3.37. The van der Waals surface area contributed by atoms with Gasteiger partial charge in [0.1, 0.15) is 23.8 Å². The van der Waals surface area contributed by atoms with Gasteiger partial charge in [0.25, 0.3) is 5.91 Å². The van der Waals surface area contributed by atoms with E-state index in [4.69, 9.17) is 9.47 Å². The zero-order valence-corrected chi connectivity index (χ0v) is 18.2. The molecule has 10 nitrogen and oxygen atoms in total. The zero-order chi connectivity index (χ0) is 22.4. The molecule has 11 heteroatoms.